The Morgan fingerprint density at radius 1 is 1.53 bits per heavy atom. The molecule has 0 aromatic carbocycles. The van der Waals surface area contributed by atoms with Crippen molar-refractivity contribution in [2.75, 3.05) is 7.05 Å². The first-order valence-corrected chi connectivity index (χ1v) is 5.66. The Balaban J connectivity index is 2.32. The van der Waals surface area contributed by atoms with Crippen LogP contribution in [0.15, 0.2) is 16.7 Å². The van der Waals surface area contributed by atoms with Gasteiger partial charge in [-0.1, -0.05) is 11.3 Å². The zero-order valence-electron chi connectivity index (χ0n) is 8.32. The first-order chi connectivity index (χ1) is 7.22. The highest BCUT2D eigenvalue weighted by atomic mass is 35.5. The van der Waals surface area contributed by atoms with Crippen molar-refractivity contribution in [1.29, 1.82) is 0 Å². The van der Waals surface area contributed by atoms with Crippen molar-refractivity contribution in [2.24, 2.45) is 0 Å². The van der Waals surface area contributed by atoms with Crippen molar-refractivity contribution in [1.82, 2.24) is 15.5 Å². The van der Waals surface area contributed by atoms with E-state index in [4.69, 9.17) is 16.0 Å². The van der Waals surface area contributed by atoms with Gasteiger partial charge >= 0.3 is 0 Å². The molecular formula is C9H10ClN3OS. The second kappa shape index (κ2) is 4.30. The summed E-state index contributed by atoms with van der Waals surface area (Å²) in [7, 11) is 1.89. The lowest BCUT2D eigenvalue weighted by molar-refractivity contribution is 0.570. The van der Waals surface area contributed by atoms with Crippen LogP contribution in [0.2, 0.25) is 5.22 Å². The Kier molecular flexibility index (Phi) is 3.04. The lowest BCUT2D eigenvalue weighted by Crippen LogP contribution is -2.11. The summed E-state index contributed by atoms with van der Waals surface area (Å²) in [4.78, 5) is 0. The third-order valence-corrected chi connectivity index (χ3v) is 3.52. The van der Waals surface area contributed by atoms with Gasteiger partial charge in [-0.3, -0.25) is 0 Å². The molecule has 6 heteroatoms. The van der Waals surface area contributed by atoms with Crippen LogP contribution < -0.4 is 5.32 Å². The third kappa shape index (κ3) is 2.04. The molecule has 0 radical (unpaired) electrons. The Bertz CT molecular complexity index is 454. The molecule has 0 bridgehead atoms. The monoisotopic (exact) mass is 243 g/mol. The minimum Gasteiger partial charge on any atom is -0.452 e. The molecule has 1 atom stereocenters. The van der Waals surface area contributed by atoms with Gasteiger partial charge in [0.15, 0.2) is 5.01 Å². The van der Waals surface area contributed by atoms with Crippen LogP contribution in [0, 0.1) is 0 Å². The van der Waals surface area contributed by atoms with E-state index in [1.807, 2.05) is 14.0 Å². The van der Waals surface area contributed by atoms with Crippen LogP contribution in [0.1, 0.15) is 18.0 Å². The van der Waals surface area contributed by atoms with Crippen LogP contribution in [-0.2, 0) is 0 Å². The van der Waals surface area contributed by atoms with Gasteiger partial charge in [-0.05, 0) is 31.6 Å². The molecule has 0 fully saturated rings. The summed E-state index contributed by atoms with van der Waals surface area (Å²) in [6, 6.07) is 1.98. The smallest absolute Gasteiger partial charge is 0.203 e. The van der Waals surface area contributed by atoms with Crippen LogP contribution in [0.5, 0.6) is 0 Å². The van der Waals surface area contributed by atoms with Crippen LogP contribution in [0.3, 0.4) is 0 Å². The maximum absolute atomic E-state index is 5.85. The summed E-state index contributed by atoms with van der Waals surface area (Å²) >= 11 is 7.36. The maximum Gasteiger partial charge on any atom is 0.203 e. The van der Waals surface area contributed by atoms with E-state index in [1.54, 1.807) is 12.3 Å². The fourth-order valence-corrected chi connectivity index (χ4v) is 2.27. The number of hydrogen-bond donors (Lipinski definition) is 1. The molecule has 0 amide bonds. The molecule has 2 aromatic rings. The Morgan fingerprint density at radius 2 is 2.33 bits per heavy atom. The summed E-state index contributed by atoms with van der Waals surface area (Å²) in [6.45, 7) is 2.03. The summed E-state index contributed by atoms with van der Waals surface area (Å²) in [5, 5.41) is 13.3. The highest BCUT2D eigenvalue weighted by Crippen LogP contribution is 2.32. The van der Waals surface area contributed by atoms with E-state index < -0.39 is 0 Å². The van der Waals surface area contributed by atoms with Gasteiger partial charge in [-0.2, -0.15) is 0 Å². The summed E-state index contributed by atoms with van der Waals surface area (Å²) < 4.78 is 5.00. The molecule has 2 aromatic heterocycles. The zero-order chi connectivity index (χ0) is 10.8. The van der Waals surface area contributed by atoms with Crippen molar-refractivity contribution in [3.05, 3.63) is 22.6 Å². The van der Waals surface area contributed by atoms with Gasteiger partial charge in [0.25, 0.3) is 0 Å². The number of nitrogens with one attached hydrogen (secondary N) is 1. The van der Waals surface area contributed by atoms with Crippen molar-refractivity contribution in [3.8, 4) is 10.6 Å². The number of halogens is 1. The second-order valence-electron chi connectivity index (χ2n) is 3.06. The van der Waals surface area contributed by atoms with E-state index in [1.165, 1.54) is 11.3 Å². The van der Waals surface area contributed by atoms with Gasteiger partial charge in [0.2, 0.25) is 5.22 Å². The number of hydrogen-bond acceptors (Lipinski definition) is 5. The SMILES string of the molecule is CNC(C)c1nnc(-c2ccoc2Cl)s1. The van der Waals surface area contributed by atoms with Crippen molar-refractivity contribution < 1.29 is 4.42 Å². The highest BCUT2D eigenvalue weighted by molar-refractivity contribution is 7.14. The van der Waals surface area contributed by atoms with Crippen LogP contribution in [-0.4, -0.2) is 17.2 Å². The highest BCUT2D eigenvalue weighted by Gasteiger charge is 2.14. The maximum atomic E-state index is 5.85. The predicted molar refractivity (Wildman–Crippen MR) is 60.1 cm³/mol. The average Bonchev–Trinajstić information content (AvgIpc) is 2.84. The zero-order valence-corrected chi connectivity index (χ0v) is 9.89. The van der Waals surface area contributed by atoms with Crippen molar-refractivity contribution in [2.45, 2.75) is 13.0 Å². The number of nitrogens with zero attached hydrogens (tertiary/aromatic N) is 2. The van der Waals surface area contributed by atoms with Gasteiger partial charge in [0.05, 0.1) is 17.9 Å². The molecule has 80 valence electrons. The van der Waals surface area contributed by atoms with Crippen LogP contribution >= 0.6 is 22.9 Å². The van der Waals surface area contributed by atoms with Crippen molar-refractivity contribution in [3.63, 3.8) is 0 Å². The fourth-order valence-electron chi connectivity index (χ4n) is 1.09. The van der Waals surface area contributed by atoms with E-state index in [2.05, 4.69) is 15.5 Å². The number of furan rings is 1. The summed E-state index contributed by atoms with van der Waals surface area (Å²) in [5.41, 5.74) is 0.795. The molecule has 0 aliphatic rings. The topological polar surface area (TPSA) is 51.0 Å². The Hall–Kier alpha value is -0.910. The lowest BCUT2D eigenvalue weighted by atomic mass is 10.4. The molecular weight excluding hydrogens is 234 g/mol. The van der Waals surface area contributed by atoms with E-state index in [0.29, 0.717) is 5.22 Å². The van der Waals surface area contributed by atoms with Gasteiger partial charge in [-0.15, -0.1) is 10.2 Å². The third-order valence-electron chi connectivity index (χ3n) is 2.09. The van der Waals surface area contributed by atoms with Gasteiger partial charge in [-0.25, -0.2) is 0 Å². The molecule has 0 saturated heterocycles. The molecule has 0 saturated carbocycles. The van der Waals surface area contributed by atoms with Crippen LogP contribution in [0.25, 0.3) is 10.6 Å². The Morgan fingerprint density at radius 3 is 2.93 bits per heavy atom. The molecule has 0 aliphatic carbocycles. The van der Waals surface area contributed by atoms with Gasteiger partial charge < -0.3 is 9.73 Å². The van der Waals surface area contributed by atoms with Crippen molar-refractivity contribution >= 4 is 22.9 Å². The molecule has 2 heterocycles. The number of aromatic nitrogens is 2. The molecule has 4 nitrogen and oxygen atoms in total. The first kappa shape index (κ1) is 10.6. The molecule has 1 N–H and O–H groups in total. The molecule has 0 spiro atoms. The number of rotatable bonds is 3. The molecule has 0 aliphatic heterocycles. The largest absolute Gasteiger partial charge is 0.452 e. The molecule has 2 rings (SSSR count). The van der Waals surface area contributed by atoms with E-state index in [9.17, 15) is 0 Å². The molecule has 1 unspecified atom stereocenters. The normalized spacial score (nSPS) is 13.0. The minimum atomic E-state index is 0.196. The van der Waals surface area contributed by atoms with Crippen LogP contribution in [0.4, 0.5) is 0 Å². The summed E-state index contributed by atoms with van der Waals surface area (Å²) in [6.07, 6.45) is 1.54. The van der Waals surface area contributed by atoms with Gasteiger partial charge in [0, 0.05) is 0 Å². The van der Waals surface area contributed by atoms with E-state index in [0.717, 1.165) is 15.6 Å². The minimum absolute atomic E-state index is 0.196. The quantitative estimate of drug-likeness (QED) is 0.901. The van der Waals surface area contributed by atoms with E-state index >= 15 is 0 Å². The standard InChI is InChI=1S/C9H10ClN3OS/c1-5(11-2)8-12-13-9(15-8)6-3-4-14-7(6)10/h3-5,11H,1-2H3. The second-order valence-corrected chi connectivity index (χ2v) is 4.42. The average molecular weight is 244 g/mol. The summed E-state index contributed by atoms with van der Waals surface area (Å²) in [5.74, 6) is 0. The Labute approximate surface area is 96.3 Å². The van der Waals surface area contributed by atoms with Gasteiger partial charge in [0.1, 0.15) is 5.01 Å². The van der Waals surface area contributed by atoms with E-state index in [-0.39, 0.29) is 6.04 Å². The first-order valence-electron chi connectivity index (χ1n) is 4.46. The predicted octanol–water partition coefficient (Wildman–Crippen LogP) is 2.73. The molecule has 15 heavy (non-hydrogen) atoms. The fraction of sp³-hybridized carbons (Fsp3) is 0.333. The lowest BCUT2D eigenvalue weighted by Gasteiger charge is -2.02.